The molecule has 8 heteroatoms. The van der Waals surface area contributed by atoms with Crippen LogP contribution in [0.1, 0.15) is 49.5 Å². The molecular weight excluding hydrogens is 507 g/mol. The van der Waals surface area contributed by atoms with Crippen molar-refractivity contribution < 1.29 is 13.9 Å². The summed E-state index contributed by atoms with van der Waals surface area (Å²) < 4.78 is 11.5. The Hall–Kier alpha value is -2.23. The standard InChI is InChI=1S/C23H32N4O3.HI/c1-3-24-23(27-16-22(28)25-15-20-9-6-12-29-20)26-14-18-11-10-17(2)13-21(18)30-19-7-4-5-8-19;/h6,9-13,19H,3-5,7-8,14-16H2,1-2H3,(H,25,28)(H2,24,26,27);1H. The predicted octanol–water partition coefficient (Wildman–Crippen LogP) is 3.90. The fourth-order valence-corrected chi connectivity index (χ4v) is 3.42. The van der Waals surface area contributed by atoms with Crippen molar-refractivity contribution in [2.24, 2.45) is 4.99 Å². The minimum absolute atomic E-state index is 0. The second kappa shape index (κ2) is 13.2. The molecule has 0 atom stereocenters. The summed E-state index contributed by atoms with van der Waals surface area (Å²) in [6.45, 7) is 5.75. The number of furan rings is 1. The second-order valence-electron chi connectivity index (χ2n) is 7.54. The van der Waals surface area contributed by atoms with Crippen LogP contribution >= 0.6 is 24.0 Å². The number of carbonyl (C=O) groups is 1. The molecule has 2 aromatic rings. The smallest absolute Gasteiger partial charge is 0.239 e. The molecule has 0 radical (unpaired) electrons. The molecule has 0 aliphatic heterocycles. The maximum Gasteiger partial charge on any atom is 0.239 e. The maximum absolute atomic E-state index is 12.1. The van der Waals surface area contributed by atoms with Crippen LogP contribution in [0.15, 0.2) is 46.0 Å². The fraction of sp³-hybridized carbons (Fsp3) is 0.478. The monoisotopic (exact) mass is 540 g/mol. The van der Waals surface area contributed by atoms with Crippen LogP contribution < -0.4 is 20.7 Å². The molecule has 1 aliphatic rings. The summed E-state index contributed by atoms with van der Waals surface area (Å²) in [5.74, 6) is 2.10. The lowest BCUT2D eigenvalue weighted by atomic mass is 10.1. The van der Waals surface area contributed by atoms with E-state index in [1.807, 2.05) is 13.0 Å². The van der Waals surface area contributed by atoms with E-state index in [4.69, 9.17) is 9.15 Å². The number of benzene rings is 1. The summed E-state index contributed by atoms with van der Waals surface area (Å²) in [5.41, 5.74) is 2.22. The van der Waals surface area contributed by atoms with Gasteiger partial charge in [-0.05, 0) is 63.3 Å². The third-order valence-corrected chi connectivity index (χ3v) is 5.03. The normalized spacial score (nSPS) is 14.1. The van der Waals surface area contributed by atoms with Gasteiger partial charge in [0.25, 0.3) is 0 Å². The Balaban J connectivity index is 0.00000341. The average molecular weight is 540 g/mol. The Morgan fingerprint density at radius 1 is 1.19 bits per heavy atom. The third-order valence-electron chi connectivity index (χ3n) is 5.03. The van der Waals surface area contributed by atoms with E-state index < -0.39 is 0 Å². The summed E-state index contributed by atoms with van der Waals surface area (Å²) >= 11 is 0. The first-order chi connectivity index (χ1) is 14.6. The molecule has 1 saturated carbocycles. The molecule has 3 rings (SSSR count). The largest absolute Gasteiger partial charge is 0.490 e. The molecule has 1 heterocycles. The van der Waals surface area contributed by atoms with E-state index in [2.05, 4.69) is 46.1 Å². The van der Waals surface area contributed by atoms with Gasteiger partial charge < -0.3 is 25.1 Å². The van der Waals surface area contributed by atoms with Crippen LogP contribution in [0.25, 0.3) is 0 Å². The van der Waals surface area contributed by atoms with Crippen molar-refractivity contribution in [3.05, 3.63) is 53.5 Å². The van der Waals surface area contributed by atoms with Crippen LogP contribution in [0, 0.1) is 6.92 Å². The minimum Gasteiger partial charge on any atom is -0.490 e. The van der Waals surface area contributed by atoms with E-state index in [1.165, 1.54) is 18.4 Å². The number of nitrogens with zero attached hydrogens (tertiary/aromatic N) is 1. The number of halogens is 1. The Kier molecular flexibility index (Phi) is 10.7. The highest BCUT2D eigenvalue weighted by atomic mass is 127. The van der Waals surface area contributed by atoms with Gasteiger partial charge in [0.15, 0.2) is 5.96 Å². The Labute approximate surface area is 201 Å². The van der Waals surface area contributed by atoms with Crippen LogP contribution in [-0.4, -0.2) is 31.1 Å². The van der Waals surface area contributed by atoms with Crippen molar-refractivity contribution in [3.63, 3.8) is 0 Å². The van der Waals surface area contributed by atoms with Crippen LogP contribution in [-0.2, 0) is 17.9 Å². The highest BCUT2D eigenvalue weighted by Gasteiger charge is 2.18. The summed E-state index contributed by atoms with van der Waals surface area (Å²) in [6.07, 6.45) is 6.60. The molecular formula is C23H33IN4O3. The molecule has 0 unspecified atom stereocenters. The highest BCUT2D eigenvalue weighted by molar-refractivity contribution is 14.0. The van der Waals surface area contributed by atoms with Gasteiger partial charge in [-0.15, -0.1) is 24.0 Å². The molecule has 0 bridgehead atoms. The van der Waals surface area contributed by atoms with E-state index in [0.29, 0.717) is 31.7 Å². The van der Waals surface area contributed by atoms with Crippen LogP contribution in [0.4, 0.5) is 0 Å². The number of hydrogen-bond donors (Lipinski definition) is 3. The molecule has 31 heavy (non-hydrogen) atoms. The minimum atomic E-state index is -0.127. The number of amides is 1. The topological polar surface area (TPSA) is 87.9 Å². The van der Waals surface area contributed by atoms with E-state index in [1.54, 1.807) is 12.3 Å². The molecule has 7 nitrogen and oxygen atoms in total. The quantitative estimate of drug-likeness (QED) is 0.255. The van der Waals surface area contributed by atoms with Crippen molar-refractivity contribution in [3.8, 4) is 5.75 Å². The zero-order chi connectivity index (χ0) is 21.2. The Morgan fingerprint density at radius 2 is 2.00 bits per heavy atom. The average Bonchev–Trinajstić information content (AvgIpc) is 3.44. The predicted molar refractivity (Wildman–Crippen MR) is 133 cm³/mol. The Bertz CT molecular complexity index is 833. The van der Waals surface area contributed by atoms with Gasteiger partial charge in [0.1, 0.15) is 11.5 Å². The van der Waals surface area contributed by atoms with Gasteiger partial charge in [-0.3, -0.25) is 4.79 Å². The zero-order valence-electron chi connectivity index (χ0n) is 18.3. The molecule has 170 valence electrons. The lowest BCUT2D eigenvalue weighted by Crippen LogP contribution is -2.43. The number of aryl methyl sites for hydroxylation is 1. The fourth-order valence-electron chi connectivity index (χ4n) is 3.42. The number of rotatable bonds is 9. The van der Waals surface area contributed by atoms with Gasteiger partial charge in [-0.25, -0.2) is 4.99 Å². The summed E-state index contributed by atoms with van der Waals surface area (Å²) in [4.78, 5) is 16.7. The molecule has 0 saturated heterocycles. The van der Waals surface area contributed by atoms with Crippen molar-refractivity contribution in [2.45, 2.75) is 58.7 Å². The molecule has 1 fully saturated rings. The first-order valence-corrected chi connectivity index (χ1v) is 10.7. The lowest BCUT2D eigenvalue weighted by Gasteiger charge is -2.17. The van der Waals surface area contributed by atoms with E-state index in [0.717, 1.165) is 29.9 Å². The van der Waals surface area contributed by atoms with E-state index >= 15 is 0 Å². The highest BCUT2D eigenvalue weighted by Crippen LogP contribution is 2.28. The SMILES string of the molecule is CCNC(=NCc1ccc(C)cc1OC1CCCC1)NCC(=O)NCc1ccco1.I. The number of aliphatic imine (C=N–C) groups is 1. The van der Waals surface area contributed by atoms with Crippen molar-refractivity contribution in [2.75, 3.05) is 13.1 Å². The molecule has 1 amide bonds. The third kappa shape index (κ3) is 8.43. The first kappa shape index (κ1) is 25.0. The first-order valence-electron chi connectivity index (χ1n) is 10.7. The molecule has 0 spiro atoms. The van der Waals surface area contributed by atoms with Crippen molar-refractivity contribution in [1.82, 2.24) is 16.0 Å². The van der Waals surface area contributed by atoms with Gasteiger partial charge in [0, 0.05) is 12.1 Å². The molecule has 1 aliphatic carbocycles. The zero-order valence-corrected chi connectivity index (χ0v) is 20.6. The van der Waals surface area contributed by atoms with Crippen LogP contribution in [0.5, 0.6) is 5.75 Å². The number of nitrogens with one attached hydrogen (secondary N) is 3. The maximum atomic E-state index is 12.1. The molecule has 1 aromatic heterocycles. The molecule has 3 N–H and O–H groups in total. The van der Waals surface area contributed by atoms with Gasteiger partial charge in [0.05, 0.1) is 32.0 Å². The van der Waals surface area contributed by atoms with Gasteiger partial charge in [-0.2, -0.15) is 0 Å². The van der Waals surface area contributed by atoms with Gasteiger partial charge in [-0.1, -0.05) is 12.1 Å². The number of hydrogen-bond acceptors (Lipinski definition) is 4. The number of ether oxygens (including phenoxy) is 1. The molecule has 1 aromatic carbocycles. The number of carbonyl (C=O) groups excluding carboxylic acids is 1. The second-order valence-corrected chi connectivity index (χ2v) is 7.54. The summed E-state index contributed by atoms with van der Waals surface area (Å²) in [5, 5.41) is 9.08. The van der Waals surface area contributed by atoms with E-state index in [-0.39, 0.29) is 36.4 Å². The van der Waals surface area contributed by atoms with Gasteiger partial charge >= 0.3 is 0 Å². The summed E-state index contributed by atoms with van der Waals surface area (Å²) in [7, 11) is 0. The van der Waals surface area contributed by atoms with Crippen LogP contribution in [0.2, 0.25) is 0 Å². The van der Waals surface area contributed by atoms with Crippen molar-refractivity contribution >= 4 is 35.8 Å². The lowest BCUT2D eigenvalue weighted by molar-refractivity contribution is -0.120. The van der Waals surface area contributed by atoms with E-state index in [9.17, 15) is 4.79 Å². The summed E-state index contributed by atoms with van der Waals surface area (Å²) in [6, 6.07) is 9.86. The van der Waals surface area contributed by atoms with Crippen LogP contribution in [0.3, 0.4) is 0 Å². The van der Waals surface area contributed by atoms with Gasteiger partial charge in [0.2, 0.25) is 5.91 Å². The van der Waals surface area contributed by atoms with Crippen molar-refractivity contribution in [1.29, 1.82) is 0 Å². The Morgan fingerprint density at radius 3 is 2.71 bits per heavy atom. The number of guanidine groups is 1.